The summed E-state index contributed by atoms with van der Waals surface area (Å²) >= 11 is 0. The van der Waals surface area contributed by atoms with Crippen LogP contribution in [-0.4, -0.2) is 45.5 Å². The summed E-state index contributed by atoms with van der Waals surface area (Å²) in [5.74, 6) is -1.40. The third-order valence-corrected chi connectivity index (χ3v) is 5.54. The predicted molar refractivity (Wildman–Crippen MR) is 121 cm³/mol. The van der Waals surface area contributed by atoms with Crippen LogP contribution in [0.4, 0.5) is 10.6 Å². The Kier molecular flexibility index (Phi) is 6.12. The summed E-state index contributed by atoms with van der Waals surface area (Å²) in [7, 11) is 1.56. The highest BCUT2D eigenvalue weighted by Crippen LogP contribution is 2.44. The molecule has 1 aliphatic rings. The molecule has 1 aromatic heterocycles. The van der Waals surface area contributed by atoms with E-state index >= 15 is 0 Å². The first kappa shape index (κ1) is 22.1. The van der Waals surface area contributed by atoms with Crippen molar-refractivity contribution in [1.82, 2.24) is 15.1 Å². The van der Waals surface area contributed by atoms with Crippen molar-refractivity contribution in [3.63, 3.8) is 0 Å². The largest absolute Gasteiger partial charge is 0.481 e. The van der Waals surface area contributed by atoms with Gasteiger partial charge < -0.3 is 15.2 Å². The van der Waals surface area contributed by atoms with Gasteiger partial charge in [0.2, 0.25) is 0 Å². The molecule has 9 heteroatoms. The number of carboxylic acid groups (broad SMARTS) is 1. The van der Waals surface area contributed by atoms with Crippen LogP contribution in [0, 0.1) is 0 Å². The molecule has 0 fully saturated rings. The van der Waals surface area contributed by atoms with Crippen LogP contribution in [0.15, 0.2) is 54.6 Å². The predicted octanol–water partition coefficient (Wildman–Crippen LogP) is 3.37. The molecule has 1 heterocycles. The van der Waals surface area contributed by atoms with Gasteiger partial charge in [0.05, 0.1) is 6.42 Å². The van der Waals surface area contributed by atoms with Gasteiger partial charge in [-0.1, -0.05) is 48.5 Å². The molecule has 1 aliphatic carbocycles. The number of nitrogens with zero attached hydrogens (tertiary/aromatic N) is 2. The number of ether oxygens (including phenoxy) is 1. The Morgan fingerprint density at radius 2 is 1.70 bits per heavy atom. The lowest BCUT2D eigenvalue weighted by atomic mass is 9.98. The first-order valence-electron chi connectivity index (χ1n) is 10.5. The number of rotatable bonds is 7. The second-order valence-corrected chi connectivity index (χ2v) is 7.96. The second-order valence-electron chi connectivity index (χ2n) is 7.96. The van der Waals surface area contributed by atoms with Crippen LogP contribution in [0.3, 0.4) is 0 Å². The normalized spacial score (nSPS) is 13.0. The van der Waals surface area contributed by atoms with E-state index in [2.05, 4.69) is 27.9 Å². The van der Waals surface area contributed by atoms with Gasteiger partial charge in [-0.3, -0.25) is 19.6 Å². The average molecular weight is 448 g/mol. The zero-order valence-corrected chi connectivity index (χ0v) is 18.2. The molecule has 170 valence electrons. The summed E-state index contributed by atoms with van der Waals surface area (Å²) in [6.07, 6.45) is -0.879. The molecule has 0 saturated heterocycles. The molecular formula is C24H24N4O5. The number of hydrogen-bond donors (Lipinski definition) is 3. The second kappa shape index (κ2) is 9.15. The minimum absolute atomic E-state index is 0.0658. The molecule has 33 heavy (non-hydrogen) atoms. The van der Waals surface area contributed by atoms with Gasteiger partial charge in [0.25, 0.3) is 5.91 Å². The van der Waals surface area contributed by atoms with Crippen molar-refractivity contribution in [3.8, 4) is 11.1 Å². The van der Waals surface area contributed by atoms with Gasteiger partial charge in [0.15, 0.2) is 5.82 Å². The number of benzene rings is 2. The molecule has 0 radical (unpaired) electrons. The SMILES string of the molecule is C[C@@H](CC(=O)O)NC(=O)c1cc(NC(=O)OCC2c3ccccc3-c3ccccc32)nn1C. The minimum Gasteiger partial charge on any atom is -0.481 e. The summed E-state index contributed by atoms with van der Waals surface area (Å²) in [6, 6.07) is 17.0. The van der Waals surface area contributed by atoms with Crippen molar-refractivity contribution in [3.05, 3.63) is 71.4 Å². The van der Waals surface area contributed by atoms with Crippen LogP contribution in [-0.2, 0) is 16.6 Å². The smallest absolute Gasteiger partial charge is 0.412 e. The molecule has 3 N–H and O–H groups in total. The van der Waals surface area contributed by atoms with Gasteiger partial charge in [-0.25, -0.2) is 4.79 Å². The van der Waals surface area contributed by atoms with Crippen LogP contribution in [0.5, 0.6) is 0 Å². The lowest BCUT2D eigenvalue weighted by Gasteiger charge is -2.14. The highest BCUT2D eigenvalue weighted by Gasteiger charge is 2.29. The Hall–Kier alpha value is -4.14. The number of nitrogens with one attached hydrogen (secondary N) is 2. The highest BCUT2D eigenvalue weighted by molar-refractivity contribution is 5.95. The van der Waals surface area contributed by atoms with Crippen molar-refractivity contribution < 1.29 is 24.2 Å². The third-order valence-electron chi connectivity index (χ3n) is 5.54. The van der Waals surface area contributed by atoms with Crippen molar-refractivity contribution in [2.24, 2.45) is 7.05 Å². The number of anilines is 1. The Bertz CT molecular complexity index is 1170. The molecule has 2 aromatic carbocycles. The van der Waals surface area contributed by atoms with E-state index in [-0.39, 0.29) is 30.5 Å². The van der Waals surface area contributed by atoms with Crippen LogP contribution in [0.2, 0.25) is 0 Å². The zero-order chi connectivity index (χ0) is 23.5. The topological polar surface area (TPSA) is 123 Å². The third kappa shape index (κ3) is 4.72. The zero-order valence-electron chi connectivity index (χ0n) is 18.2. The van der Waals surface area contributed by atoms with Crippen molar-refractivity contribution in [1.29, 1.82) is 0 Å². The molecule has 0 saturated carbocycles. The number of aliphatic carboxylic acids is 1. The summed E-state index contributed by atoms with van der Waals surface area (Å²) in [5.41, 5.74) is 4.68. The van der Waals surface area contributed by atoms with E-state index in [4.69, 9.17) is 9.84 Å². The molecule has 1 atom stereocenters. The number of carbonyl (C=O) groups is 3. The number of aromatic nitrogens is 2. The fourth-order valence-electron chi connectivity index (χ4n) is 4.09. The van der Waals surface area contributed by atoms with Crippen LogP contribution >= 0.6 is 0 Å². The Labute approximate surface area is 190 Å². The molecule has 0 bridgehead atoms. The fourth-order valence-corrected chi connectivity index (χ4v) is 4.09. The first-order chi connectivity index (χ1) is 15.8. The maximum atomic E-state index is 12.4. The number of carbonyl (C=O) groups excluding carboxylic acids is 2. The molecule has 9 nitrogen and oxygen atoms in total. The average Bonchev–Trinajstić information content (AvgIpc) is 3.29. The molecule has 0 unspecified atom stereocenters. The molecule has 3 aromatic rings. The number of aryl methyl sites for hydroxylation is 1. The van der Waals surface area contributed by atoms with E-state index in [0.717, 1.165) is 22.3 Å². The van der Waals surface area contributed by atoms with E-state index in [1.54, 1.807) is 14.0 Å². The minimum atomic E-state index is -1.01. The summed E-state index contributed by atoms with van der Waals surface area (Å²) < 4.78 is 6.80. The number of amides is 2. The van der Waals surface area contributed by atoms with Crippen LogP contribution in [0.25, 0.3) is 11.1 Å². The quantitative estimate of drug-likeness (QED) is 0.509. The van der Waals surface area contributed by atoms with E-state index in [1.807, 2.05) is 36.4 Å². The van der Waals surface area contributed by atoms with E-state index in [9.17, 15) is 14.4 Å². The molecular weight excluding hydrogens is 424 g/mol. The van der Waals surface area contributed by atoms with E-state index in [0.29, 0.717) is 0 Å². The number of carboxylic acids is 1. The van der Waals surface area contributed by atoms with Crippen molar-refractivity contribution in [2.75, 3.05) is 11.9 Å². The maximum Gasteiger partial charge on any atom is 0.412 e. The molecule has 2 amide bonds. The monoisotopic (exact) mass is 448 g/mol. The fraction of sp³-hybridized carbons (Fsp3) is 0.250. The van der Waals surface area contributed by atoms with Gasteiger partial charge in [0.1, 0.15) is 12.3 Å². The molecule has 0 spiro atoms. The number of fused-ring (bicyclic) bond motifs is 3. The van der Waals surface area contributed by atoms with E-state index < -0.39 is 24.0 Å². The maximum absolute atomic E-state index is 12.4. The Morgan fingerprint density at radius 3 is 2.30 bits per heavy atom. The number of hydrogen-bond acceptors (Lipinski definition) is 5. The Morgan fingerprint density at radius 1 is 1.09 bits per heavy atom. The lowest BCUT2D eigenvalue weighted by molar-refractivity contribution is -0.137. The lowest BCUT2D eigenvalue weighted by Crippen LogP contribution is -2.35. The summed E-state index contributed by atoms with van der Waals surface area (Å²) in [5, 5.41) is 18.1. The highest BCUT2D eigenvalue weighted by atomic mass is 16.5. The summed E-state index contributed by atoms with van der Waals surface area (Å²) in [6.45, 7) is 1.75. The first-order valence-corrected chi connectivity index (χ1v) is 10.5. The van der Waals surface area contributed by atoms with Crippen molar-refractivity contribution >= 4 is 23.8 Å². The van der Waals surface area contributed by atoms with Gasteiger partial charge >= 0.3 is 12.1 Å². The van der Waals surface area contributed by atoms with E-state index in [1.165, 1.54) is 10.7 Å². The summed E-state index contributed by atoms with van der Waals surface area (Å²) in [4.78, 5) is 35.6. The standard InChI is InChI=1S/C24H24N4O5/c1-14(11-22(29)30)25-23(31)20-12-21(27-28(20)2)26-24(32)33-13-19-17-9-5-3-7-15(17)16-8-4-6-10-18(16)19/h3-10,12,14,19H,11,13H2,1-2H3,(H,25,31)(H,29,30)(H,26,27,32)/t14-/m0/s1. The Balaban J connectivity index is 1.39. The van der Waals surface area contributed by atoms with Gasteiger partial charge in [-0.05, 0) is 29.2 Å². The van der Waals surface area contributed by atoms with Gasteiger partial charge in [-0.15, -0.1) is 0 Å². The molecule has 0 aliphatic heterocycles. The van der Waals surface area contributed by atoms with Gasteiger partial charge in [0, 0.05) is 25.1 Å². The van der Waals surface area contributed by atoms with Crippen molar-refractivity contribution in [2.45, 2.75) is 25.3 Å². The van der Waals surface area contributed by atoms with Crippen LogP contribution < -0.4 is 10.6 Å². The van der Waals surface area contributed by atoms with Gasteiger partial charge in [-0.2, -0.15) is 5.10 Å². The molecule has 4 rings (SSSR count). The van der Waals surface area contributed by atoms with Crippen LogP contribution in [0.1, 0.15) is 40.9 Å².